The fraction of sp³-hybridized carbons (Fsp3) is 0.0714. The number of nitrogens with zero attached hydrogens (tertiary/aromatic N) is 1. The first kappa shape index (κ1) is 12.9. The third kappa shape index (κ3) is 1.91. The molecule has 2 aromatic carbocycles. The molecule has 0 bridgehead atoms. The molecule has 6 heteroatoms. The maximum atomic E-state index is 13.8. The molecule has 0 aliphatic heterocycles. The molecule has 20 heavy (non-hydrogen) atoms. The van der Waals surface area contributed by atoms with E-state index >= 15 is 0 Å². The van der Waals surface area contributed by atoms with Crippen LogP contribution in [0.25, 0.3) is 22.2 Å². The normalized spacial score (nSPS) is 11.0. The quantitative estimate of drug-likeness (QED) is 0.701. The van der Waals surface area contributed by atoms with Gasteiger partial charge in [0.2, 0.25) is 0 Å². The van der Waals surface area contributed by atoms with Crippen molar-refractivity contribution in [3.8, 4) is 17.0 Å². The van der Waals surface area contributed by atoms with Crippen molar-refractivity contribution in [1.82, 2.24) is 5.16 Å². The highest BCUT2D eigenvalue weighted by molar-refractivity contribution is 6.33. The molecule has 0 unspecified atom stereocenters. The number of rotatable bonds is 2. The molecular formula is C14H8ClF2NO2. The Hall–Kier alpha value is -2.14. The number of hydrogen-bond donors (Lipinski definition) is 0. The second-order valence-electron chi connectivity index (χ2n) is 4.11. The van der Waals surface area contributed by atoms with Gasteiger partial charge in [-0.1, -0.05) is 22.8 Å². The van der Waals surface area contributed by atoms with Crippen molar-refractivity contribution in [2.24, 2.45) is 0 Å². The SMILES string of the molecule is COc1cc2onc(-c3c(F)cccc3F)c2cc1Cl. The number of halogens is 3. The minimum absolute atomic E-state index is 0.0696. The summed E-state index contributed by atoms with van der Waals surface area (Å²) in [5, 5.41) is 4.46. The van der Waals surface area contributed by atoms with Crippen molar-refractivity contribution in [2.45, 2.75) is 0 Å². The molecule has 3 aromatic rings. The zero-order valence-electron chi connectivity index (χ0n) is 10.3. The van der Waals surface area contributed by atoms with Crippen LogP contribution >= 0.6 is 11.6 Å². The van der Waals surface area contributed by atoms with E-state index in [1.54, 1.807) is 0 Å². The van der Waals surface area contributed by atoms with Crippen molar-refractivity contribution in [2.75, 3.05) is 7.11 Å². The van der Waals surface area contributed by atoms with Gasteiger partial charge in [-0.2, -0.15) is 0 Å². The molecule has 1 heterocycles. The molecule has 3 nitrogen and oxygen atoms in total. The second kappa shape index (κ2) is 4.76. The lowest BCUT2D eigenvalue weighted by molar-refractivity contribution is 0.412. The Morgan fingerprint density at radius 2 is 1.90 bits per heavy atom. The first-order valence-corrected chi connectivity index (χ1v) is 6.07. The summed E-state index contributed by atoms with van der Waals surface area (Å²) < 4.78 is 37.8. The van der Waals surface area contributed by atoms with Gasteiger partial charge in [0.1, 0.15) is 23.1 Å². The topological polar surface area (TPSA) is 35.3 Å². The first-order valence-electron chi connectivity index (χ1n) is 5.69. The molecule has 0 radical (unpaired) electrons. The van der Waals surface area contributed by atoms with Gasteiger partial charge in [-0.3, -0.25) is 0 Å². The van der Waals surface area contributed by atoms with E-state index in [9.17, 15) is 8.78 Å². The van der Waals surface area contributed by atoms with Crippen LogP contribution in [0.2, 0.25) is 5.02 Å². The third-order valence-electron chi connectivity index (χ3n) is 2.94. The second-order valence-corrected chi connectivity index (χ2v) is 4.52. The van der Waals surface area contributed by atoms with Crippen LogP contribution in [0.1, 0.15) is 0 Å². The van der Waals surface area contributed by atoms with Crippen LogP contribution < -0.4 is 4.74 Å². The summed E-state index contributed by atoms with van der Waals surface area (Å²) in [7, 11) is 1.46. The van der Waals surface area contributed by atoms with Gasteiger partial charge < -0.3 is 9.26 Å². The molecule has 1 aromatic heterocycles. The molecule has 0 saturated carbocycles. The highest BCUT2D eigenvalue weighted by Gasteiger charge is 2.19. The molecule has 0 atom stereocenters. The van der Waals surface area contributed by atoms with Crippen molar-refractivity contribution >= 4 is 22.6 Å². The van der Waals surface area contributed by atoms with Crippen LogP contribution in [0.4, 0.5) is 8.78 Å². The first-order chi connectivity index (χ1) is 9.61. The average molecular weight is 296 g/mol. The summed E-state index contributed by atoms with van der Waals surface area (Å²) in [6.45, 7) is 0. The molecule has 0 N–H and O–H groups in total. The van der Waals surface area contributed by atoms with Gasteiger partial charge in [-0.15, -0.1) is 0 Å². The summed E-state index contributed by atoms with van der Waals surface area (Å²) in [5.41, 5.74) is 0.163. The minimum atomic E-state index is -0.716. The predicted molar refractivity (Wildman–Crippen MR) is 70.9 cm³/mol. The van der Waals surface area contributed by atoms with Crippen molar-refractivity contribution in [1.29, 1.82) is 0 Å². The Morgan fingerprint density at radius 3 is 2.55 bits per heavy atom. The van der Waals surface area contributed by atoms with Gasteiger partial charge in [0.15, 0.2) is 5.58 Å². The van der Waals surface area contributed by atoms with Gasteiger partial charge in [-0.05, 0) is 18.2 Å². The van der Waals surface area contributed by atoms with Crippen LogP contribution in [0.5, 0.6) is 5.75 Å². The van der Waals surface area contributed by atoms with E-state index in [0.717, 1.165) is 12.1 Å². The van der Waals surface area contributed by atoms with Gasteiger partial charge in [0.25, 0.3) is 0 Å². The highest BCUT2D eigenvalue weighted by Crippen LogP contribution is 2.36. The maximum absolute atomic E-state index is 13.8. The third-order valence-corrected chi connectivity index (χ3v) is 3.24. The lowest BCUT2D eigenvalue weighted by atomic mass is 10.1. The number of benzene rings is 2. The van der Waals surface area contributed by atoms with E-state index in [0.29, 0.717) is 21.7 Å². The van der Waals surface area contributed by atoms with Gasteiger partial charge in [0, 0.05) is 6.07 Å². The van der Waals surface area contributed by atoms with E-state index in [4.69, 9.17) is 20.9 Å². The van der Waals surface area contributed by atoms with Gasteiger partial charge in [-0.25, -0.2) is 8.78 Å². The zero-order valence-corrected chi connectivity index (χ0v) is 11.0. The number of ether oxygens (including phenoxy) is 1. The Kier molecular flexibility index (Phi) is 3.06. The summed E-state index contributed by atoms with van der Waals surface area (Å²) in [6, 6.07) is 6.63. The summed E-state index contributed by atoms with van der Waals surface area (Å²) in [5.74, 6) is -1.03. The average Bonchev–Trinajstić information content (AvgIpc) is 2.80. The van der Waals surface area contributed by atoms with Gasteiger partial charge >= 0.3 is 0 Å². The molecule has 0 aliphatic rings. The van der Waals surface area contributed by atoms with E-state index < -0.39 is 11.6 Å². The number of aromatic nitrogens is 1. The van der Waals surface area contributed by atoms with E-state index in [1.807, 2.05) is 0 Å². The maximum Gasteiger partial charge on any atom is 0.171 e. The molecule has 0 fully saturated rings. The fourth-order valence-corrected chi connectivity index (χ4v) is 2.24. The Balaban J connectivity index is 2.30. The molecule has 0 spiro atoms. The van der Waals surface area contributed by atoms with Crippen LogP contribution in [0, 0.1) is 11.6 Å². The number of methoxy groups -OCH3 is 1. The largest absolute Gasteiger partial charge is 0.495 e. The van der Waals surface area contributed by atoms with E-state index in [-0.39, 0.29) is 11.3 Å². The van der Waals surface area contributed by atoms with Crippen molar-refractivity contribution in [3.63, 3.8) is 0 Å². The highest BCUT2D eigenvalue weighted by atomic mass is 35.5. The van der Waals surface area contributed by atoms with Crippen LogP contribution in [-0.2, 0) is 0 Å². The standard InChI is InChI=1S/C14H8ClF2NO2/c1-19-12-6-11-7(5-8(12)15)14(18-20-11)13-9(16)3-2-4-10(13)17/h2-6H,1H3. The van der Waals surface area contributed by atoms with Crippen LogP contribution in [0.15, 0.2) is 34.9 Å². The van der Waals surface area contributed by atoms with Crippen molar-refractivity contribution < 1.29 is 18.0 Å². The lowest BCUT2D eigenvalue weighted by Crippen LogP contribution is -1.90. The Labute approximate surface area is 117 Å². The fourth-order valence-electron chi connectivity index (χ4n) is 2.00. The van der Waals surface area contributed by atoms with Gasteiger partial charge in [0.05, 0.1) is 23.1 Å². The molecule has 102 valence electrons. The number of fused-ring (bicyclic) bond motifs is 1. The Bertz CT molecular complexity index is 781. The lowest BCUT2D eigenvalue weighted by Gasteiger charge is -2.03. The molecule has 0 aliphatic carbocycles. The smallest absolute Gasteiger partial charge is 0.171 e. The molecule has 3 rings (SSSR count). The Morgan fingerprint density at radius 1 is 1.20 bits per heavy atom. The van der Waals surface area contributed by atoms with Crippen molar-refractivity contribution in [3.05, 3.63) is 47.0 Å². The molecular weight excluding hydrogens is 288 g/mol. The monoisotopic (exact) mass is 295 g/mol. The summed E-state index contributed by atoms with van der Waals surface area (Å²) in [4.78, 5) is 0. The van der Waals surface area contributed by atoms with E-state index in [2.05, 4.69) is 5.16 Å². The number of hydrogen-bond acceptors (Lipinski definition) is 3. The predicted octanol–water partition coefficient (Wildman–Crippen LogP) is 4.44. The molecule has 0 saturated heterocycles. The van der Waals surface area contributed by atoms with Crippen LogP contribution in [0.3, 0.4) is 0 Å². The minimum Gasteiger partial charge on any atom is -0.495 e. The van der Waals surface area contributed by atoms with Crippen LogP contribution in [-0.4, -0.2) is 12.3 Å². The molecule has 0 amide bonds. The summed E-state index contributed by atoms with van der Waals surface area (Å²) in [6.07, 6.45) is 0. The van der Waals surface area contributed by atoms with E-state index in [1.165, 1.54) is 25.3 Å². The summed E-state index contributed by atoms with van der Waals surface area (Å²) >= 11 is 6.02. The zero-order chi connectivity index (χ0) is 14.3.